The number of aryl methyl sites for hydroxylation is 1. The van der Waals surface area contributed by atoms with Crippen LogP contribution >= 0.6 is 0 Å². The molecule has 0 radical (unpaired) electrons. The van der Waals surface area contributed by atoms with Crippen molar-refractivity contribution in [3.8, 4) is 6.07 Å². The Bertz CT molecular complexity index is 959. The predicted octanol–water partition coefficient (Wildman–Crippen LogP) is 2.88. The lowest BCUT2D eigenvalue weighted by atomic mass is 10.0. The smallest absolute Gasteiger partial charge is 0.210 e. The van der Waals surface area contributed by atoms with Gasteiger partial charge in [-0.2, -0.15) is 5.26 Å². The van der Waals surface area contributed by atoms with Crippen molar-refractivity contribution < 1.29 is 9.21 Å². The lowest BCUT2D eigenvalue weighted by molar-refractivity contribution is 0.103. The number of nitrogens with zero attached hydrogens (tertiary/aromatic N) is 3. The van der Waals surface area contributed by atoms with Gasteiger partial charge < -0.3 is 15.1 Å². The second-order valence-corrected chi connectivity index (χ2v) is 6.01. The Hall–Kier alpha value is -3.92. The van der Waals surface area contributed by atoms with Gasteiger partial charge >= 0.3 is 0 Å². The first-order chi connectivity index (χ1) is 13.7. The van der Waals surface area contributed by atoms with Crippen molar-refractivity contribution in [2.45, 2.75) is 20.0 Å². The van der Waals surface area contributed by atoms with Crippen LogP contribution in [0.3, 0.4) is 0 Å². The van der Waals surface area contributed by atoms with Crippen LogP contribution in [0.4, 0.5) is 0 Å². The molecule has 0 aliphatic heterocycles. The van der Waals surface area contributed by atoms with Crippen molar-refractivity contribution >= 4 is 5.78 Å². The molecule has 0 unspecified atom stereocenters. The number of aromatic nitrogens is 2. The molecule has 0 aromatic carbocycles. The minimum absolute atomic E-state index is 0.0164. The number of hydrogen-bond donors (Lipinski definition) is 2. The standard InChI is InChI=1S/C21H19N5O2/c1-15-18(6-9-28-15)20(27)19(10-22)21(25-13-16-4-2-7-23-11-16)26-14-17-5-3-8-24-12-17/h2-9,11-12,25-26H,13-14H2,1H3. The summed E-state index contributed by atoms with van der Waals surface area (Å²) in [7, 11) is 0. The first-order valence-electron chi connectivity index (χ1n) is 8.67. The zero-order chi connectivity index (χ0) is 19.8. The monoisotopic (exact) mass is 373 g/mol. The highest BCUT2D eigenvalue weighted by atomic mass is 16.3. The Labute approximate surface area is 162 Å². The van der Waals surface area contributed by atoms with Crippen LogP contribution < -0.4 is 10.6 Å². The zero-order valence-corrected chi connectivity index (χ0v) is 15.3. The maximum absolute atomic E-state index is 12.9. The summed E-state index contributed by atoms with van der Waals surface area (Å²) in [6.45, 7) is 2.51. The van der Waals surface area contributed by atoms with Gasteiger partial charge in [-0.15, -0.1) is 0 Å². The van der Waals surface area contributed by atoms with E-state index in [9.17, 15) is 10.1 Å². The zero-order valence-electron chi connectivity index (χ0n) is 15.3. The van der Waals surface area contributed by atoms with Crippen LogP contribution in [0, 0.1) is 18.3 Å². The number of Topliss-reactive ketones (excluding diaryl/α,β-unsaturated/α-hetero) is 1. The van der Waals surface area contributed by atoms with Gasteiger partial charge in [0.2, 0.25) is 5.78 Å². The van der Waals surface area contributed by atoms with Crippen molar-refractivity contribution in [3.05, 3.63) is 95.2 Å². The number of carbonyl (C=O) groups excluding carboxylic acids is 1. The van der Waals surface area contributed by atoms with Crippen LogP contribution in [-0.2, 0) is 13.1 Å². The van der Waals surface area contributed by atoms with E-state index in [1.807, 2.05) is 30.3 Å². The van der Waals surface area contributed by atoms with Crippen molar-refractivity contribution in [3.63, 3.8) is 0 Å². The number of ketones is 1. The van der Waals surface area contributed by atoms with Crippen LogP contribution in [0.5, 0.6) is 0 Å². The highest BCUT2D eigenvalue weighted by molar-refractivity contribution is 6.12. The van der Waals surface area contributed by atoms with Gasteiger partial charge in [-0.05, 0) is 36.2 Å². The first-order valence-corrected chi connectivity index (χ1v) is 8.67. The summed E-state index contributed by atoms with van der Waals surface area (Å²) < 4.78 is 5.21. The number of furan rings is 1. The average molecular weight is 373 g/mol. The first kappa shape index (κ1) is 18.9. The number of allylic oxidation sites excluding steroid dienone is 1. The topological polar surface area (TPSA) is 104 Å². The summed E-state index contributed by atoms with van der Waals surface area (Å²) >= 11 is 0. The van der Waals surface area contributed by atoms with Gasteiger partial charge in [0.15, 0.2) is 0 Å². The third-order valence-corrected chi connectivity index (χ3v) is 4.08. The Morgan fingerprint density at radius 3 is 2.11 bits per heavy atom. The molecule has 3 rings (SSSR count). The van der Waals surface area contributed by atoms with Crippen molar-refractivity contribution in [2.24, 2.45) is 0 Å². The van der Waals surface area contributed by atoms with E-state index in [0.29, 0.717) is 30.2 Å². The molecular formula is C21H19N5O2. The van der Waals surface area contributed by atoms with Gasteiger partial charge in [-0.3, -0.25) is 14.8 Å². The lowest BCUT2D eigenvalue weighted by Gasteiger charge is -2.15. The third-order valence-electron chi connectivity index (χ3n) is 4.08. The molecule has 0 aliphatic carbocycles. The van der Waals surface area contributed by atoms with Crippen LogP contribution in [0.25, 0.3) is 0 Å². The average Bonchev–Trinajstić information content (AvgIpc) is 3.17. The van der Waals surface area contributed by atoms with Gasteiger partial charge in [0, 0.05) is 37.9 Å². The summed E-state index contributed by atoms with van der Waals surface area (Å²) in [4.78, 5) is 21.0. The molecule has 3 aromatic rings. The van der Waals surface area contributed by atoms with Crippen LogP contribution in [0.2, 0.25) is 0 Å². The fraction of sp³-hybridized carbons (Fsp3) is 0.143. The number of pyridine rings is 2. The minimum Gasteiger partial charge on any atom is -0.469 e. The van der Waals surface area contributed by atoms with E-state index >= 15 is 0 Å². The van der Waals surface area contributed by atoms with E-state index in [1.54, 1.807) is 37.8 Å². The predicted molar refractivity (Wildman–Crippen MR) is 103 cm³/mol. The molecule has 0 aliphatic rings. The van der Waals surface area contributed by atoms with Crippen LogP contribution in [0.1, 0.15) is 27.2 Å². The fourth-order valence-corrected chi connectivity index (χ4v) is 2.60. The summed E-state index contributed by atoms with van der Waals surface area (Å²) in [6, 6.07) is 11.1. The lowest BCUT2D eigenvalue weighted by Crippen LogP contribution is -2.29. The third kappa shape index (κ3) is 4.62. The Balaban J connectivity index is 1.87. The highest BCUT2D eigenvalue weighted by Gasteiger charge is 2.21. The van der Waals surface area contributed by atoms with E-state index in [4.69, 9.17) is 4.42 Å². The fourth-order valence-electron chi connectivity index (χ4n) is 2.60. The summed E-state index contributed by atoms with van der Waals surface area (Å²) in [6.07, 6.45) is 8.25. The second-order valence-electron chi connectivity index (χ2n) is 6.01. The van der Waals surface area contributed by atoms with Crippen molar-refractivity contribution in [1.82, 2.24) is 20.6 Å². The summed E-state index contributed by atoms with van der Waals surface area (Å²) in [5.74, 6) is 0.415. The molecule has 7 nitrogen and oxygen atoms in total. The Kier molecular flexibility index (Phi) is 6.16. The van der Waals surface area contributed by atoms with E-state index < -0.39 is 5.78 Å². The molecule has 7 heteroatoms. The molecule has 28 heavy (non-hydrogen) atoms. The number of hydrogen-bond acceptors (Lipinski definition) is 7. The molecule has 0 saturated carbocycles. The van der Waals surface area contributed by atoms with E-state index in [0.717, 1.165) is 11.1 Å². The molecule has 0 bridgehead atoms. The highest BCUT2D eigenvalue weighted by Crippen LogP contribution is 2.16. The molecule has 0 saturated heterocycles. The van der Waals surface area contributed by atoms with E-state index in [1.165, 1.54) is 6.26 Å². The van der Waals surface area contributed by atoms with Gasteiger partial charge in [0.05, 0.1) is 11.8 Å². The van der Waals surface area contributed by atoms with Crippen LogP contribution in [0.15, 0.2) is 77.2 Å². The van der Waals surface area contributed by atoms with Crippen molar-refractivity contribution in [1.29, 1.82) is 5.26 Å². The normalized spacial score (nSPS) is 10.0. The Morgan fingerprint density at radius 1 is 1.07 bits per heavy atom. The molecule has 3 heterocycles. The van der Waals surface area contributed by atoms with Gasteiger partial charge in [-0.1, -0.05) is 12.1 Å². The molecule has 0 amide bonds. The maximum Gasteiger partial charge on any atom is 0.210 e. The molecular weight excluding hydrogens is 354 g/mol. The summed E-state index contributed by atoms with van der Waals surface area (Å²) in [5.41, 5.74) is 2.19. The Morgan fingerprint density at radius 2 is 1.68 bits per heavy atom. The van der Waals surface area contributed by atoms with E-state index in [-0.39, 0.29) is 5.57 Å². The number of nitriles is 1. The number of carbonyl (C=O) groups is 1. The number of rotatable bonds is 8. The quantitative estimate of drug-likeness (QED) is 0.355. The van der Waals surface area contributed by atoms with Gasteiger partial charge in [0.1, 0.15) is 23.2 Å². The molecule has 140 valence electrons. The molecule has 0 atom stereocenters. The van der Waals surface area contributed by atoms with Gasteiger partial charge in [-0.25, -0.2) is 0 Å². The maximum atomic E-state index is 12.9. The molecule has 0 spiro atoms. The molecule has 2 N–H and O–H groups in total. The van der Waals surface area contributed by atoms with Crippen molar-refractivity contribution in [2.75, 3.05) is 0 Å². The van der Waals surface area contributed by atoms with E-state index in [2.05, 4.69) is 20.6 Å². The molecule has 0 fully saturated rings. The SMILES string of the molecule is Cc1occc1C(=O)C(C#N)=C(NCc1cccnc1)NCc1cccnc1. The largest absolute Gasteiger partial charge is 0.469 e. The molecule has 3 aromatic heterocycles. The summed E-state index contributed by atoms with van der Waals surface area (Å²) in [5, 5.41) is 16.0. The second kappa shape index (κ2) is 9.14. The van der Waals surface area contributed by atoms with Gasteiger partial charge in [0.25, 0.3) is 0 Å². The van der Waals surface area contributed by atoms with Crippen LogP contribution in [-0.4, -0.2) is 15.8 Å². The minimum atomic E-state index is -0.402. The number of nitrogens with one attached hydrogen (secondary N) is 2.